The van der Waals surface area contributed by atoms with E-state index in [2.05, 4.69) is 10.3 Å². The summed E-state index contributed by atoms with van der Waals surface area (Å²) < 4.78 is 1.45. The molecule has 2 N–H and O–H groups in total. The molecule has 2 heterocycles. The maximum absolute atomic E-state index is 11.4. The molecule has 1 aromatic carbocycles. The van der Waals surface area contributed by atoms with Gasteiger partial charge in [0.1, 0.15) is 6.54 Å². The van der Waals surface area contributed by atoms with E-state index in [9.17, 15) is 9.59 Å². The molecular weight excluding hydrogens is 182 g/mol. The monoisotopic (exact) mass is 189 g/mol. The second kappa shape index (κ2) is 2.25. The molecule has 1 amide bonds. The van der Waals surface area contributed by atoms with Crippen molar-refractivity contribution in [3.05, 3.63) is 28.7 Å². The summed E-state index contributed by atoms with van der Waals surface area (Å²) in [4.78, 5) is 25.4. The van der Waals surface area contributed by atoms with Crippen LogP contribution in [0.15, 0.2) is 23.0 Å². The molecule has 0 unspecified atom stereocenters. The molecule has 1 aromatic heterocycles. The molecule has 5 heteroatoms. The van der Waals surface area contributed by atoms with Crippen molar-refractivity contribution >= 4 is 22.6 Å². The number of anilines is 1. The molecule has 0 fully saturated rings. The maximum Gasteiger partial charge on any atom is 0.327 e. The average Bonchev–Trinajstić information content (AvgIpc) is 2.45. The van der Waals surface area contributed by atoms with Crippen LogP contribution in [0.25, 0.3) is 11.0 Å². The van der Waals surface area contributed by atoms with E-state index < -0.39 is 0 Å². The Kier molecular flexibility index (Phi) is 1.19. The van der Waals surface area contributed by atoms with Gasteiger partial charge in [-0.1, -0.05) is 6.07 Å². The number of benzene rings is 1. The fraction of sp³-hybridized carbons (Fsp3) is 0.111. The molecule has 0 radical (unpaired) electrons. The first-order chi connectivity index (χ1) is 6.75. The van der Waals surface area contributed by atoms with E-state index in [0.717, 1.165) is 11.0 Å². The van der Waals surface area contributed by atoms with Gasteiger partial charge < -0.3 is 10.3 Å². The third-order valence-corrected chi connectivity index (χ3v) is 2.37. The zero-order valence-corrected chi connectivity index (χ0v) is 7.20. The van der Waals surface area contributed by atoms with Gasteiger partial charge in [0.05, 0.1) is 16.7 Å². The van der Waals surface area contributed by atoms with E-state index in [4.69, 9.17) is 0 Å². The number of hydrogen-bond donors (Lipinski definition) is 2. The molecule has 5 nitrogen and oxygen atoms in total. The number of H-pyrrole nitrogens is 1. The Bertz CT molecular complexity index is 594. The Morgan fingerprint density at radius 2 is 2.14 bits per heavy atom. The van der Waals surface area contributed by atoms with Gasteiger partial charge in [0.15, 0.2) is 0 Å². The molecule has 0 spiro atoms. The quantitative estimate of drug-likeness (QED) is 0.625. The van der Waals surface area contributed by atoms with Crippen LogP contribution in [-0.2, 0) is 11.3 Å². The summed E-state index contributed by atoms with van der Waals surface area (Å²) in [6, 6.07) is 5.39. The standard InChI is InChI=1S/C9H7N3O2/c13-7-4-12-8-5(10-7)2-1-3-6(8)11-9(12)14/h1-3H,4H2,(H,10,13)(H,11,14). The van der Waals surface area contributed by atoms with Gasteiger partial charge in [-0.15, -0.1) is 0 Å². The normalized spacial score (nSPS) is 14.4. The van der Waals surface area contributed by atoms with Crippen molar-refractivity contribution in [2.45, 2.75) is 6.54 Å². The Labute approximate surface area is 78.3 Å². The first-order valence-corrected chi connectivity index (χ1v) is 4.27. The minimum absolute atomic E-state index is 0.0931. The predicted octanol–water partition coefficient (Wildman–Crippen LogP) is 0.282. The van der Waals surface area contributed by atoms with Crippen molar-refractivity contribution in [2.75, 3.05) is 5.32 Å². The van der Waals surface area contributed by atoms with E-state index >= 15 is 0 Å². The lowest BCUT2D eigenvalue weighted by molar-refractivity contribution is -0.116. The number of aromatic nitrogens is 2. The van der Waals surface area contributed by atoms with Crippen LogP contribution in [0.2, 0.25) is 0 Å². The molecular formula is C9H7N3O2. The van der Waals surface area contributed by atoms with Gasteiger partial charge in [0, 0.05) is 0 Å². The van der Waals surface area contributed by atoms with Gasteiger partial charge in [-0.3, -0.25) is 9.36 Å². The van der Waals surface area contributed by atoms with E-state index in [-0.39, 0.29) is 18.1 Å². The van der Waals surface area contributed by atoms with Crippen LogP contribution in [0.5, 0.6) is 0 Å². The molecule has 2 aromatic rings. The molecule has 0 saturated carbocycles. The molecule has 0 aliphatic carbocycles. The topological polar surface area (TPSA) is 66.9 Å². The molecule has 1 aliphatic heterocycles. The largest absolute Gasteiger partial charge is 0.327 e. The highest BCUT2D eigenvalue weighted by atomic mass is 16.2. The predicted molar refractivity (Wildman–Crippen MR) is 51.2 cm³/mol. The Morgan fingerprint density at radius 1 is 1.29 bits per heavy atom. The average molecular weight is 189 g/mol. The van der Waals surface area contributed by atoms with E-state index in [1.54, 1.807) is 12.1 Å². The van der Waals surface area contributed by atoms with Crippen molar-refractivity contribution in [1.82, 2.24) is 9.55 Å². The molecule has 1 aliphatic rings. The Hall–Kier alpha value is -2.04. The second-order valence-corrected chi connectivity index (χ2v) is 3.27. The van der Waals surface area contributed by atoms with Crippen molar-refractivity contribution < 1.29 is 4.79 Å². The summed E-state index contributed by atoms with van der Waals surface area (Å²) in [6.45, 7) is 0.0931. The number of para-hydroxylation sites is 1. The summed E-state index contributed by atoms with van der Waals surface area (Å²) >= 11 is 0. The van der Waals surface area contributed by atoms with Crippen LogP contribution >= 0.6 is 0 Å². The molecule has 0 bridgehead atoms. The van der Waals surface area contributed by atoms with Crippen molar-refractivity contribution in [3.8, 4) is 0 Å². The van der Waals surface area contributed by atoms with Crippen LogP contribution in [-0.4, -0.2) is 15.5 Å². The minimum Gasteiger partial charge on any atom is -0.323 e. The number of carbonyl (C=O) groups is 1. The molecule has 3 rings (SSSR count). The van der Waals surface area contributed by atoms with E-state index in [1.807, 2.05) is 6.07 Å². The summed E-state index contributed by atoms with van der Waals surface area (Å²) in [5.41, 5.74) is 1.99. The van der Waals surface area contributed by atoms with Crippen LogP contribution < -0.4 is 11.0 Å². The number of carbonyl (C=O) groups excluding carboxylic acids is 1. The lowest BCUT2D eigenvalue weighted by atomic mass is 10.2. The number of aromatic amines is 1. The highest BCUT2D eigenvalue weighted by molar-refractivity contribution is 6.03. The second-order valence-electron chi connectivity index (χ2n) is 3.27. The molecule has 14 heavy (non-hydrogen) atoms. The van der Waals surface area contributed by atoms with Crippen LogP contribution in [0.1, 0.15) is 0 Å². The van der Waals surface area contributed by atoms with Gasteiger partial charge in [-0.05, 0) is 12.1 Å². The fourth-order valence-electron chi connectivity index (χ4n) is 1.80. The maximum atomic E-state index is 11.4. The van der Waals surface area contributed by atoms with Crippen molar-refractivity contribution in [2.24, 2.45) is 0 Å². The van der Waals surface area contributed by atoms with E-state index in [0.29, 0.717) is 5.69 Å². The number of hydrogen-bond acceptors (Lipinski definition) is 2. The number of rotatable bonds is 0. The minimum atomic E-state index is -0.234. The highest BCUT2D eigenvalue weighted by Gasteiger charge is 2.19. The number of nitrogens with zero attached hydrogens (tertiary/aromatic N) is 1. The zero-order valence-electron chi connectivity index (χ0n) is 7.20. The number of nitrogens with one attached hydrogen (secondary N) is 2. The fourth-order valence-corrected chi connectivity index (χ4v) is 1.80. The zero-order chi connectivity index (χ0) is 9.71. The smallest absolute Gasteiger partial charge is 0.323 e. The molecule has 0 atom stereocenters. The lowest BCUT2D eigenvalue weighted by Crippen LogP contribution is -2.29. The summed E-state index contributed by atoms with van der Waals surface area (Å²) in [5, 5.41) is 2.72. The first-order valence-electron chi connectivity index (χ1n) is 4.27. The van der Waals surface area contributed by atoms with Crippen LogP contribution in [0, 0.1) is 0 Å². The number of amides is 1. The van der Waals surface area contributed by atoms with Crippen molar-refractivity contribution in [1.29, 1.82) is 0 Å². The van der Waals surface area contributed by atoms with Crippen LogP contribution in [0.3, 0.4) is 0 Å². The lowest BCUT2D eigenvalue weighted by Gasteiger charge is -2.14. The first kappa shape index (κ1) is 7.37. The highest BCUT2D eigenvalue weighted by Crippen LogP contribution is 2.23. The third kappa shape index (κ3) is 0.783. The molecule has 70 valence electrons. The SMILES string of the molecule is O=C1Cn2c(=O)[nH]c3cccc(c32)N1. The van der Waals surface area contributed by atoms with Crippen molar-refractivity contribution in [3.63, 3.8) is 0 Å². The summed E-state index contributed by atoms with van der Waals surface area (Å²) in [5.74, 6) is -0.160. The van der Waals surface area contributed by atoms with Gasteiger partial charge >= 0.3 is 5.69 Å². The Morgan fingerprint density at radius 3 is 3.00 bits per heavy atom. The van der Waals surface area contributed by atoms with Gasteiger partial charge in [-0.2, -0.15) is 0 Å². The van der Waals surface area contributed by atoms with E-state index in [1.165, 1.54) is 4.57 Å². The van der Waals surface area contributed by atoms with Gasteiger partial charge in [-0.25, -0.2) is 4.79 Å². The van der Waals surface area contributed by atoms with Gasteiger partial charge in [0.25, 0.3) is 0 Å². The third-order valence-electron chi connectivity index (χ3n) is 2.37. The summed E-state index contributed by atoms with van der Waals surface area (Å²) in [7, 11) is 0. The number of imidazole rings is 1. The van der Waals surface area contributed by atoms with Crippen LogP contribution in [0.4, 0.5) is 5.69 Å². The summed E-state index contributed by atoms with van der Waals surface area (Å²) in [6.07, 6.45) is 0. The van der Waals surface area contributed by atoms with Gasteiger partial charge in [0.2, 0.25) is 5.91 Å². The molecule has 0 saturated heterocycles. The Balaban J connectivity index is 2.53.